The summed E-state index contributed by atoms with van der Waals surface area (Å²) in [5.41, 5.74) is 2.54. The van der Waals surface area contributed by atoms with Crippen molar-refractivity contribution in [2.24, 2.45) is 11.8 Å². The Bertz CT molecular complexity index is 715. The van der Waals surface area contributed by atoms with E-state index in [4.69, 9.17) is 0 Å². The van der Waals surface area contributed by atoms with Crippen LogP contribution in [0.3, 0.4) is 0 Å². The number of piperidine rings is 2. The van der Waals surface area contributed by atoms with E-state index in [0.29, 0.717) is 5.92 Å². The molecule has 0 radical (unpaired) electrons. The normalized spacial score (nSPS) is 21.3. The van der Waals surface area contributed by atoms with Crippen molar-refractivity contribution in [2.45, 2.75) is 58.3 Å². The zero-order valence-corrected chi connectivity index (χ0v) is 17.1. The minimum absolute atomic E-state index is 0.0992. The van der Waals surface area contributed by atoms with Crippen molar-refractivity contribution in [3.8, 4) is 0 Å². The number of nitrogens with zero attached hydrogens (tertiary/aromatic N) is 2. The molecule has 3 aliphatic rings. The molecule has 5 nitrogen and oxygen atoms in total. The molecule has 0 aromatic heterocycles. The Kier molecular flexibility index (Phi) is 5.88. The lowest BCUT2D eigenvalue weighted by atomic mass is 9.85. The van der Waals surface area contributed by atoms with Crippen LogP contribution in [0, 0.1) is 11.8 Å². The van der Waals surface area contributed by atoms with E-state index in [1.807, 2.05) is 23.1 Å². The Hall–Kier alpha value is -2.04. The van der Waals surface area contributed by atoms with Crippen molar-refractivity contribution in [1.29, 1.82) is 0 Å². The standard InChI is InChI=1S/C23H33N3O2/c1-17-10-14-26(15-11-17)23(28)20-16-19(24-22(27)18-6-5-7-18)8-9-21(20)25-12-3-2-4-13-25/h8-9,16-18H,2-7,10-15H2,1H3,(H,24,27). The highest BCUT2D eigenvalue weighted by atomic mass is 16.2. The van der Waals surface area contributed by atoms with Crippen LogP contribution in [0.1, 0.15) is 68.6 Å². The number of amides is 2. The average Bonchev–Trinajstić information content (AvgIpc) is 2.67. The maximum Gasteiger partial charge on any atom is 0.256 e. The number of hydrogen-bond acceptors (Lipinski definition) is 3. The van der Waals surface area contributed by atoms with Crippen LogP contribution in [0.4, 0.5) is 11.4 Å². The summed E-state index contributed by atoms with van der Waals surface area (Å²) in [7, 11) is 0. The predicted molar refractivity (Wildman–Crippen MR) is 113 cm³/mol. The van der Waals surface area contributed by atoms with Gasteiger partial charge in [-0.15, -0.1) is 0 Å². The molecular weight excluding hydrogens is 350 g/mol. The highest BCUT2D eigenvalue weighted by molar-refractivity contribution is 6.02. The number of rotatable bonds is 4. The van der Waals surface area contributed by atoms with Crippen molar-refractivity contribution in [2.75, 3.05) is 36.4 Å². The summed E-state index contributed by atoms with van der Waals surface area (Å²) < 4.78 is 0. The molecule has 0 spiro atoms. The molecule has 4 rings (SSSR count). The van der Waals surface area contributed by atoms with Crippen molar-refractivity contribution < 1.29 is 9.59 Å². The van der Waals surface area contributed by atoms with Gasteiger partial charge in [-0.05, 0) is 69.1 Å². The lowest BCUT2D eigenvalue weighted by Gasteiger charge is -2.34. The summed E-state index contributed by atoms with van der Waals surface area (Å²) >= 11 is 0. The summed E-state index contributed by atoms with van der Waals surface area (Å²) in [6.45, 7) is 5.93. The van der Waals surface area contributed by atoms with Gasteiger partial charge in [0.15, 0.2) is 0 Å². The van der Waals surface area contributed by atoms with Crippen LogP contribution < -0.4 is 10.2 Å². The fraction of sp³-hybridized carbons (Fsp3) is 0.652. The molecular formula is C23H33N3O2. The fourth-order valence-corrected chi connectivity index (χ4v) is 4.49. The third-order valence-corrected chi connectivity index (χ3v) is 6.74. The third kappa shape index (κ3) is 4.18. The highest BCUT2D eigenvalue weighted by Gasteiger charge is 2.28. The van der Waals surface area contributed by atoms with E-state index in [1.54, 1.807) is 0 Å². The Morgan fingerprint density at radius 2 is 1.64 bits per heavy atom. The second-order valence-corrected chi connectivity index (χ2v) is 8.87. The van der Waals surface area contributed by atoms with E-state index >= 15 is 0 Å². The molecule has 2 amide bonds. The molecule has 28 heavy (non-hydrogen) atoms. The van der Waals surface area contributed by atoms with Gasteiger partial charge in [0.2, 0.25) is 5.91 Å². The molecule has 1 saturated carbocycles. The molecule has 1 aromatic rings. The van der Waals surface area contributed by atoms with Gasteiger partial charge in [-0.25, -0.2) is 0 Å². The van der Waals surface area contributed by atoms with Gasteiger partial charge >= 0.3 is 0 Å². The Morgan fingerprint density at radius 3 is 2.29 bits per heavy atom. The summed E-state index contributed by atoms with van der Waals surface area (Å²) in [5.74, 6) is 1.05. The molecule has 0 unspecified atom stereocenters. The third-order valence-electron chi connectivity index (χ3n) is 6.74. The maximum atomic E-state index is 13.4. The van der Waals surface area contributed by atoms with Crippen LogP contribution >= 0.6 is 0 Å². The van der Waals surface area contributed by atoms with Crippen LogP contribution in [-0.2, 0) is 4.79 Å². The first-order valence-corrected chi connectivity index (χ1v) is 11.1. The van der Waals surface area contributed by atoms with Crippen LogP contribution in [0.5, 0.6) is 0 Å². The quantitative estimate of drug-likeness (QED) is 0.844. The Balaban J connectivity index is 1.58. The first-order chi connectivity index (χ1) is 13.6. The van der Waals surface area contributed by atoms with E-state index < -0.39 is 0 Å². The smallest absolute Gasteiger partial charge is 0.256 e. The number of benzene rings is 1. The molecule has 1 aliphatic carbocycles. The van der Waals surface area contributed by atoms with E-state index in [0.717, 1.165) is 75.2 Å². The minimum Gasteiger partial charge on any atom is -0.371 e. The zero-order valence-electron chi connectivity index (χ0n) is 17.1. The number of carbonyl (C=O) groups excluding carboxylic acids is 2. The summed E-state index contributed by atoms with van der Waals surface area (Å²) in [6, 6.07) is 5.93. The summed E-state index contributed by atoms with van der Waals surface area (Å²) in [4.78, 5) is 30.1. The Labute approximate surface area is 168 Å². The van der Waals surface area contributed by atoms with Gasteiger partial charge in [0.1, 0.15) is 0 Å². The first-order valence-electron chi connectivity index (χ1n) is 11.1. The number of hydrogen-bond donors (Lipinski definition) is 1. The van der Waals surface area contributed by atoms with Gasteiger partial charge in [0.25, 0.3) is 5.91 Å². The molecule has 1 N–H and O–H groups in total. The van der Waals surface area contributed by atoms with Gasteiger partial charge < -0.3 is 15.1 Å². The van der Waals surface area contributed by atoms with Gasteiger partial charge in [0, 0.05) is 43.5 Å². The SMILES string of the molecule is CC1CCN(C(=O)c2cc(NC(=O)C3CCC3)ccc2N2CCCCC2)CC1. The summed E-state index contributed by atoms with van der Waals surface area (Å²) in [5, 5.41) is 3.05. The lowest BCUT2D eigenvalue weighted by molar-refractivity contribution is -0.122. The first kappa shape index (κ1) is 19.3. The van der Waals surface area contributed by atoms with Crippen LogP contribution in [0.25, 0.3) is 0 Å². The highest BCUT2D eigenvalue weighted by Crippen LogP contribution is 2.31. The van der Waals surface area contributed by atoms with Crippen molar-refractivity contribution >= 4 is 23.2 Å². The molecule has 152 valence electrons. The van der Waals surface area contributed by atoms with Crippen molar-refractivity contribution in [3.63, 3.8) is 0 Å². The van der Waals surface area contributed by atoms with Gasteiger partial charge in [-0.1, -0.05) is 13.3 Å². The largest absolute Gasteiger partial charge is 0.371 e. The van der Waals surface area contributed by atoms with Crippen molar-refractivity contribution in [3.05, 3.63) is 23.8 Å². The van der Waals surface area contributed by atoms with E-state index in [9.17, 15) is 9.59 Å². The van der Waals surface area contributed by atoms with E-state index in [-0.39, 0.29) is 17.7 Å². The zero-order chi connectivity index (χ0) is 19.5. The van der Waals surface area contributed by atoms with Crippen LogP contribution in [0.15, 0.2) is 18.2 Å². The molecule has 5 heteroatoms. The summed E-state index contributed by atoms with van der Waals surface area (Å²) in [6.07, 6.45) is 8.86. The van der Waals surface area contributed by atoms with E-state index in [1.165, 1.54) is 19.3 Å². The van der Waals surface area contributed by atoms with Crippen LogP contribution in [0.2, 0.25) is 0 Å². The number of carbonyl (C=O) groups is 2. The van der Waals surface area contributed by atoms with Crippen molar-refractivity contribution in [1.82, 2.24) is 4.90 Å². The second-order valence-electron chi connectivity index (χ2n) is 8.87. The van der Waals surface area contributed by atoms with Crippen LogP contribution in [-0.4, -0.2) is 42.9 Å². The van der Waals surface area contributed by atoms with Gasteiger partial charge in [0.05, 0.1) is 5.56 Å². The number of likely N-dealkylation sites (tertiary alicyclic amines) is 1. The number of anilines is 2. The van der Waals surface area contributed by atoms with Gasteiger partial charge in [-0.2, -0.15) is 0 Å². The minimum atomic E-state index is 0.0992. The molecule has 3 fully saturated rings. The molecule has 0 bridgehead atoms. The van der Waals surface area contributed by atoms with E-state index in [2.05, 4.69) is 17.1 Å². The average molecular weight is 384 g/mol. The second kappa shape index (κ2) is 8.54. The lowest BCUT2D eigenvalue weighted by Crippen LogP contribution is -2.39. The molecule has 2 aliphatic heterocycles. The monoisotopic (exact) mass is 383 g/mol. The molecule has 2 heterocycles. The molecule has 2 saturated heterocycles. The topological polar surface area (TPSA) is 52.7 Å². The molecule has 0 atom stereocenters. The predicted octanol–water partition coefficient (Wildman–Crippen LogP) is 4.29. The Morgan fingerprint density at radius 1 is 0.929 bits per heavy atom. The van der Waals surface area contributed by atoms with Gasteiger partial charge in [-0.3, -0.25) is 9.59 Å². The fourth-order valence-electron chi connectivity index (χ4n) is 4.49. The molecule has 1 aromatic carbocycles. The number of nitrogens with one attached hydrogen (secondary N) is 1. The maximum absolute atomic E-state index is 13.4.